The number of hydrogen-bond acceptors (Lipinski definition) is 9. The van der Waals surface area contributed by atoms with Crippen LogP contribution in [0.5, 0.6) is 0 Å². The van der Waals surface area contributed by atoms with Gasteiger partial charge < -0.3 is 20.6 Å². The molecular weight excluding hydrogens is 542 g/mol. The van der Waals surface area contributed by atoms with Crippen LogP contribution in [0, 0.1) is 0 Å². The highest BCUT2D eigenvalue weighted by molar-refractivity contribution is 5.77. The van der Waals surface area contributed by atoms with Gasteiger partial charge in [-0.3, -0.25) is 9.69 Å². The molecule has 0 amide bonds. The zero-order chi connectivity index (χ0) is 30.4. The summed E-state index contributed by atoms with van der Waals surface area (Å²) in [5, 5.41) is 17.4. The molecule has 0 bridgehead atoms. The Bertz CT molecular complexity index is 1580. The predicted octanol–water partition coefficient (Wildman–Crippen LogP) is 3.65. The number of unbranched alkanes of at least 4 members (excludes halogenated alkanes) is 2. The van der Waals surface area contributed by atoms with E-state index in [-0.39, 0.29) is 12.1 Å². The van der Waals surface area contributed by atoms with Crippen molar-refractivity contribution in [2.45, 2.75) is 45.3 Å². The first-order valence-electron chi connectivity index (χ1n) is 15.1. The van der Waals surface area contributed by atoms with E-state index in [1.54, 1.807) is 42.8 Å². The number of aromatic nitrogens is 5. The molecule has 1 aliphatic heterocycles. The molecule has 11 nitrogen and oxygen atoms in total. The van der Waals surface area contributed by atoms with Crippen LogP contribution >= 0.6 is 0 Å². The molecule has 228 valence electrons. The van der Waals surface area contributed by atoms with Gasteiger partial charge in [0.1, 0.15) is 11.0 Å². The molecule has 1 aliphatic rings. The van der Waals surface area contributed by atoms with Gasteiger partial charge in [0.15, 0.2) is 11.5 Å². The van der Waals surface area contributed by atoms with Crippen molar-refractivity contribution in [3.8, 4) is 5.82 Å². The lowest BCUT2D eigenvalue weighted by molar-refractivity contribution is 0.0738. The number of aliphatic hydroxyl groups is 1. The summed E-state index contributed by atoms with van der Waals surface area (Å²) >= 11 is 0. The lowest BCUT2D eigenvalue weighted by Crippen LogP contribution is -2.46. The fraction of sp³-hybridized carbons (Fsp3) is 0.438. The molecule has 0 spiro atoms. The van der Waals surface area contributed by atoms with Gasteiger partial charge in [-0.1, -0.05) is 18.6 Å². The van der Waals surface area contributed by atoms with E-state index in [0.717, 1.165) is 38.4 Å². The Morgan fingerprint density at radius 1 is 1.02 bits per heavy atom. The van der Waals surface area contributed by atoms with E-state index in [1.165, 1.54) is 42.4 Å². The number of piperazine rings is 1. The van der Waals surface area contributed by atoms with Crippen molar-refractivity contribution in [2.75, 3.05) is 56.5 Å². The molecule has 4 aromatic rings. The van der Waals surface area contributed by atoms with E-state index in [1.807, 2.05) is 19.2 Å². The minimum Gasteiger partial charge on any atom is -0.384 e. The van der Waals surface area contributed by atoms with Gasteiger partial charge >= 0.3 is 0 Å². The number of fused-ring (bicyclic) bond motifs is 1. The van der Waals surface area contributed by atoms with Gasteiger partial charge in [-0.25, -0.2) is 19.3 Å². The van der Waals surface area contributed by atoms with Crippen LogP contribution in [-0.2, 0) is 12.1 Å². The average Bonchev–Trinajstić information content (AvgIpc) is 3.28. The molecule has 1 aromatic carbocycles. The van der Waals surface area contributed by atoms with E-state index in [9.17, 15) is 9.90 Å². The third kappa shape index (κ3) is 7.12. The first-order chi connectivity index (χ1) is 20.8. The lowest BCUT2D eigenvalue weighted by Gasteiger charge is -2.36. The summed E-state index contributed by atoms with van der Waals surface area (Å²) in [4.78, 5) is 32.1. The van der Waals surface area contributed by atoms with Gasteiger partial charge in [0.25, 0.3) is 5.56 Å². The molecule has 3 N–H and O–H groups in total. The largest absolute Gasteiger partial charge is 0.384 e. The van der Waals surface area contributed by atoms with E-state index in [4.69, 9.17) is 4.98 Å². The van der Waals surface area contributed by atoms with Crippen LogP contribution in [0.15, 0.2) is 66.1 Å². The highest BCUT2D eigenvalue weighted by Crippen LogP contribution is 2.24. The van der Waals surface area contributed by atoms with Crippen molar-refractivity contribution in [3.05, 3.63) is 77.4 Å². The molecule has 43 heavy (non-hydrogen) atoms. The number of nitrogens with one attached hydrogen (secondary N) is 2. The first kappa shape index (κ1) is 30.4. The second-order valence-electron chi connectivity index (χ2n) is 11.5. The van der Waals surface area contributed by atoms with Crippen molar-refractivity contribution in [1.29, 1.82) is 0 Å². The number of nitrogens with zero attached hydrogens (tertiary/aromatic N) is 7. The topological polar surface area (TPSA) is 116 Å². The van der Waals surface area contributed by atoms with Gasteiger partial charge in [0.2, 0.25) is 5.95 Å². The Morgan fingerprint density at radius 2 is 1.79 bits per heavy atom. The standard InChI is InChI=1S/C32H43N9O2/c1-5-17-40-30(42)26-23-34-31(37-29(26)41(40)28-11-9-10-27(36-28)32(2,3)43)35-24-12-14-25(15-13-24)39-21-19-38(20-22-39)18-8-6-7-16-33-4/h5,9-15,23,33,43H,1,6-8,16-22H2,2-4H3,(H,34,35,37). The quantitative estimate of drug-likeness (QED) is 0.160. The van der Waals surface area contributed by atoms with Crippen LogP contribution in [0.1, 0.15) is 38.8 Å². The van der Waals surface area contributed by atoms with Gasteiger partial charge in [-0.2, -0.15) is 4.98 Å². The molecule has 1 fully saturated rings. The molecule has 1 saturated heterocycles. The number of benzene rings is 1. The monoisotopic (exact) mass is 585 g/mol. The molecule has 0 atom stereocenters. The molecule has 11 heteroatoms. The highest BCUT2D eigenvalue weighted by atomic mass is 16.3. The third-order valence-electron chi connectivity index (χ3n) is 7.82. The summed E-state index contributed by atoms with van der Waals surface area (Å²) in [5.74, 6) is 0.836. The minimum absolute atomic E-state index is 0.241. The molecule has 3 aromatic heterocycles. The molecule has 0 saturated carbocycles. The normalized spacial score (nSPS) is 14.4. The molecule has 0 unspecified atom stereocenters. The Balaban J connectivity index is 1.31. The van der Waals surface area contributed by atoms with E-state index in [0.29, 0.717) is 28.5 Å². The number of hydrogen-bond donors (Lipinski definition) is 3. The summed E-state index contributed by atoms with van der Waals surface area (Å²) in [6.45, 7) is 13.9. The Morgan fingerprint density at radius 3 is 2.49 bits per heavy atom. The average molecular weight is 586 g/mol. The van der Waals surface area contributed by atoms with Crippen molar-refractivity contribution < 1.29 is 5.11 Å². The molecular formula is C32H43N9O2. The number of pyridine rings is 1. The Hall–Kier alpha value is -4.06. The van der Waals surface area contributed by atoms with Crippen molar-refractivity contribution >= 4 is 28.4 Å². The second kappa shape index (κ2) is 13.5. The van der Waals surface area contributed by atoms with Gasteiger partial charge in [-0.05, 0) is 83.2 Å². The fourth-order valence-corrected chi connectivity index (χ4v) is 5.42. The molecule has 0 aliphatic carbocycles. The number of allylic oxidation sites excluding steroid dienone is 1. The molecule has 0 radical (unpaired) electrons. The number of anilines is 3. The third-order valence-corrected chi connectivity index (χ3v) is 7.82. The molecule has 5 rings (SSSR count). The van der Waals surface area contributed by atoms with Crippen molar-refractivity contribution in [1.82, 2.24) is 34.5 Å². The summed E-state index contributed by atoms with van der Waals surface area (Å²) < 4.78 is 3.18. The maximum absolute atomic E-state index is 13.3. The summed E-state index contributed by atoms with van der Waals surface area (Å²) in [5.41, 5.74) is 1.57. The van der Waals surface area contributed by atoms with Crippen LogP contribution < -0.4 is 21.1 Å². The summed E-state index contributed by atoms with van der Waals surface area (Å²) in [6, 6.07) is 13.6. The van der Waals surface area contributed by atoms with Crippen LogP contribution in [0.4, 0.5) is 17.3 Å². The van der Waals surface area contributed by atoms with Gasteiger partial charge in [0, 0.05) is 43.8 Å². The predicted molar refractivity (Wildman–Crippen MR) is 173 cm³/mol. The highest BCUT2D eigenvalue weighted by Gasteiger charge is 2.22. The van der Waals surface area contributed by atoms with Crippen molar-refractivity contribution in [2.24, 2.45) is 0 Å². The van der Waals surface area contributed by atoms with Crippen LogP contribution in [-0.4, -0.2) is 80.6 Å². The Kier molecular flexibility index (Phi) is 9.54. The SMILES string of the molecule is C=CCn1c(=O)c2cnc(Nc3ccc(N4CCN(CCCCCNC)CC4)cc3)nc2n1-c1cccc(C(C)(C)O)n1. The fourth-order valence-electron chi connectivity index (χ4n) is 5.42. The lowest BCUT2D eigenvalue weighted by atomic mass is 10.1. The van der Waals surface area contributed by atoms with Crippen LogP contribution in [0.3, 0.4) is 0 Å². The number of rotatable bonds is 13. The van der Waals surface area contributed by atoms with Crippen molar-refractivity contribution in [3.63, 3.8) is 0 Å². The van der Waals surface area contributed by atoms with E-state index < -0.39 is 5.60 Å². The van der Waals surface area contributed by atoms with E-state index in [2.05, 4.69) is 49.1 Å². The zero-order valence-corrected chi connectivity index (χ0v) is 25.5. The first-order valence-corrected chi connectivity index (χ1v) is 15.1. The van der Waals surface area contributed by atoms with Gasteiger partial charge in [0.05, 0.1) is 12.2 Å². The summed E-state index contributed by atoms with van der Waals surface area (Å²) in [7, 11) is 2.01. The minimum atomic E-state index is -1.14. The molecule has 4 heterocycles. The van der Waals surface area contributed by atoms with Crippen LogP contribution in [0.2, 0.25) is 0 Å². The maximum Gasteiger partial charge on any atom is 0.278 e. The van der Waals surface area contributed by atoms with Crippen LogP contribution in [0.25, 0.3) is 16.9 Å². The summed E-state index contributed by atoms with van der Waals surface area (Å²) in [6.07, 6.45) is 6.96. The van der Waals surface area contributed by atoms with E-state index >= 15 is 0 Å². The van der Waals surface area contributed by atoms with Gasteiger partial charge in [-0.15, -0.1) is 6.58 Å². The smallest absolute Gasteiger partial charge is 0.278 e. The second-order valence-corrected chi connectivity index (χ2v) is 11.5. The Labute approximate surface area is 252 Å². The zero-order valence-electron chi connectivity index (χ0n) is 25.5. The maximum atomic E-state index is 13.3.